The van der Waals surface area contributed by atoms with Crippen LogP contribution in [0.2, 0.25) is 0 Å². The van der Waals surface area contributed by atoms with Crippen molar-refractivity contribution >= 4 is 16.0 Å². The van der Waals surface area contributed by atoms with E-state index >= 15 is 0 Å². The first-order chi connectivity index (χ1) is 13.5. The van der Waals surface area contributed by atoms with E-state index in [0.717, 1.165) is 44.0 Å². The first-order valence-electron chi connectivity index (χ1n) is 10.6. The molecule has 2 saturated heterocycles. The molecular weight excluding hydrogens is 372 g/mol. The average molecular weight is 405 g/mol. The molecule has 1 aromatic carbocycles. The summed E-state index contributed by atoms with van der Waals surface area (Å²) in [7, 11) is -3.34. The molecule has 1 spiro atoms. The van der Waals surface area contributed by atoms with Crippen molar-refractivity contribution in [3.05, 3.63) is 29.8 Å². The summed E-state index contributed by atoms with van der Waals surface area (Å²) >= 11 is 0. The zero-order valence-electron chi connectivity index (χ0n) is 16.9. The van der Waals surface area contributed by atoms with Gasteiger partial charge in [-0.25, -0.2) is 13.4 Å². The highest BCUT2D eigenvalue weighted by Crippen LogP contribution is 2.47. The van der Waals surface area contributed by atoms with Crippen molar-refractivity contribution in [1.82, 2.24) is 14.5 Å². The van der Waals surface area contributed by atoms with Gasteiger partial charge in [-0.05, 0) is 62.1 Å². The number of aliphatic imine (C=N–C) groups is 1. The van der Waals surface area contributed by atoms with Gasteiger partial charge in [-0.1, -0.05) is 18.6 Å². The van der Waals surface area contributed by atoms with Crippen LogP contribution < -0.4 is 5.32 Å². The molecule has 7 heteroatoms. The summed E-state index contributed by atoms with van der Waals surface area (Å²) in [5, 5.41) is 3.43. The van der Waals surface area contributed by atoms with Gasteiger partial charge in [0.15, 0.2) is 5.96 Å². The highest BCUT2D eigenvalue weighted by Gasteiger charge is 2.43. The molecule has 1 aliphatic carbocycles. The summed E-state index contributed by atoms with van der Waals surface area (Å²) in [6.07, 6.45) is 7.27. The molecular formula is C21H32N4O2S. The van der Waals surface area contributed by atoms with Crippen molar-refractivity contribution in [1.29, 1.82) is 0 Å². The van der Waals surface area contributed by atoms with E-state index in [1.807, 2.05) is 12.1 Å². The Kier molecular flexibility index (Phi) is 5.65. The molecule has 4 rings (SSSR count). The van der Waals surface area contributed by atoms with Crippen LogP contribution in [0.15, 0.2) is 34.2 Å². The van der Waals surface area contributed by atoms with Crippen molar-refractivity contribution in [3.8, 4) is 0 Å². The quantitative estimate of drug-likeness (QED) is 0.605. The molecule has 6 nitrogen and oxygen atoms in total. The van der Waals surface area contributed by atoms with E-state index in [0.29, 0.717) is 29.9 Å². The van der Waals surface area contributed by atoms with E-state index in [1.165, 1.54) is 25.7 Å². The van der Waals surface area contributed by atoms with Gasteiger partial charge in [-0.15, -0.1) is 0 Å². The number of benzene rings is 1. The molecule has 0 amide bonds. The molecule has 3 fully saturated rings. The summed E-state index contributed by atoms with van der Waals surface area (Å²) in [5.41, 5.74) is 1.58. The monoisotopic (exact) mass is 404 g/mol. The SMILES string of the molecule is CCNC(=NCc1ccc(S(=O)(=O)N2CCCC2)cc1)N1CCC2(CCC2)C1. The minimum Gasteiger partial charge on any atom is -0.357 e. The fraction of sp³-hybridized carbons (Fsp3) is 0.667. The fourth-order valence-electron chi connectivity index (χ4n) is 4.64. The highest BCUT2D eigenvalue weighted by molar-refractivity contribution is 7.89. The molecule has 0 atom stereocenters. The predicted molar refractivity (Wildman–Crippen MR) is 112 cm³/mol. The lowest BCUT2D eigenvalue weighted by Crippen LogP contribution is -2.42. The summed E-state index contributed by atoms with van der Waals surface area (Å²) in [4.78, 5) is 7.62. The second-order valence-corrected chi connectivity index (χ2v) is 10.4. The van der Waals surface area contributed by atoms with Crippen molar-refractivity contribution in [3.63, 3.8) is 0 Å². The predicted octanol–water partition coefficient (Wildman–Crippen LogP) is 2.81. The van der Waals surface area contributed by atoms with Crippen molar-refractivity contribution < 1.29 is 8.42 Å². The Balaban J connectivity index is 1.42. The molecule has 28 heavy (non-hydrogen) atoms. The van der Waals surface area contributed by atoms with Crippen LogP contribution in [-0.2, 0) is 16.6 Å². The molecule has 0 unspecified atom stereocenters. The number of nitrogens with zero attached hydrogens (tertiary/aromatic N) is 3. The number of guanidine groups is 1. The Morgan fingerprint density at radius 3 is 2.36 bits per heavy atom. The van der Waals surface area contributed by atoms with Gasteiger partial charge in [0.2, 0.25) is 10.0 Å². The average Bonchev–Trinajstić information content (AvgIpc) is 3.35. The molecule has 1 N–H and O–H groups in total. The maximum absolute atomic E-state index is 12.6. The van der Waals surface area contributed by atoms with Gasteiger partial charge in [0.25, 0.3) is 0 Å². The number of nitrogens with one attached hydrogen (secondary N) is 1. The number of likely N-dealkylation sites (tertiary alicyclic amines) is 1. The normalized spacial score (nSPS) is 22.6. The van der Waals surface area contributed by atoms with Crippen LogP contribution in [0.25, 0.3) is 0 Å². The van der Waals surface area contributed by atoms with Gasteiger partial charge in [-0.3, -0.25) is 0 Å². The summed E-state index contributed by atoms with van der Waals surface area (Å²) in [6, 6.07) is 7.25. The Bertz CT molecular complexity index is 809. The fourth-order valence-corrected chi connectivity index (χ4v) is 6.15. The summed E-state index contributed by atoms with van der Waals surface area (Å²) in [5.74, 6) is 0.986. The standard InChI is InChI=1S/C21H32N4O2S/c1-2-22-20(24-15-12-21(17-24)10-5-11-21)23-16-18-6-8-19(9-7-18)28(26,27)25-13-3-4-14-25/h6-9H,2-5,10-17H2,1H3,(H,22,23). The maximum atomic E-state index is 12.6. The first kappa shape index (κ1) is 19.7. The summed E-state index contributed by atoms with van der Waals surface area (Å²) in [6.45, 7) is 6.99. The van der Waals surface area contributed by atoms with Gasteiger partial charge in [0, 0.05) is 32.7 Å². The van der Waals surface area contributed by atoms with E-state index in [2.05, 4.69) is 17.1 Å². The molecule has 1 saturated carbocycles. The largest absolute Gasteiger partial charge is 0.357 e. The third-order valence-electron chi connectivity index (χ3n) is 6.52. The minimum absolute atomic E-state index is 0.389. The molecule has 154 valence electrons. The van der Waals surface area contributed by atoms with E-state index in [-0.39, 0.29) is 0 Å². The number of rotatable bonds is 5. The van der Waals surface area contributed by atoms with E-state index in [9.17, 15) is 8.42 Å². The van der Waals surface area contributed by atoms with Crippen molar-refractivity contribution in [2.75, 3.05) is 32.7 Å². The van der Waals surface area contributed by atoms with Crippen LogP contribution in [0.3, 0.4) is 0 Å². The van der Waals surface area contributed by atoms with Gasteiger partial charge in [-0.2, -0.15) is 4.31 Å². The smallest absolute Gasteiger partial charge is 0.243 e. The highest BCUT2D eigenvalue weighted by atomic mass is 32.2. The summed E-state index contributed by atoms with van der Waals surface area (Å²) < 4.78 is 26.9. The maximum Gasteiger partial charge on any atom is 0.243 e. The van der Waals surface area contributed by atoms with Crippen molar-refractivity contribution in [2.45, 2.75) is 56.9 Å². The van der Waals surface area contributed by atoms with E-state index < -0.39 is 10.0 Å². The Morgan fingerprint density at radius 2 is 1.79 bits per heavy atom. The van der Waals surface area contributed by atoms with Gasteiger partial charge in [0.05, 0.1) is 11.4 Å². The van der Waals surface area contributed by atoms with Gasteiger partial charge < -0.3 is 10.2 Å². The number of hydrogen-bond acceptors (Lipinski definition) is 3. The van der Waals surface area contributed by atoms with Crippen LogP contribution in [-0.4, -0.2) is 56.3 Å². The second kappa shape index (κ2) is 8.03. The molecule has 2 aliphatic heterocycles. The second-order valence-electron chi connectivity index (χ2n) is 8.45. The Labute approximate surface area is 169 Å². The van der Waals surface area contributed by atoms with Crippen molar-refractivity contribution in [2.24, 2.45) is 10.4 Å². The molecule has 0 bridgehead atoms. The van der Waals surface area contributed by atoms with Crippen LogP contribution in [0.1, 0.15) is 51.0 Å². The third kappa shape index (κ3) is 3.92. The van der Waals surface area contributed by atoms with Gasteiger partial charge in [0.1, 0.15) is 0 Å². The van der Waals surface area contributed by atoms with Crippen LogP contribution in [0, 0.1) is 5.41 Å². The molecule has 0 aromatic heterocycles. The number of sulfonamides is 1. The van der Waals surface area contributed by atoms with E-state index in [4.69, 9.17) is 4.99 Å². The molecule has 0 radical (unpaired) electrons. The lowest BCUT2D eigenvalue weighted by molar-refractivity contribution is 0.151. The zero-order chi connectivity index (χ0) is 19.6. The van der Waals surface area contributed by atoms with Crippen LogP contribution >= 0.6 is 0 Å². The lowest BCUT2D eigenvalue weighted by Gasteiger charge is -2.38. The number of hydrogen-bond donors (Lipinski definition) is 1. The van der Waals surface area contributed by atoms with Gasteiger partial charge >= 0.3 is 0 Å². The van der Waals surface area contributed by atoms with E-state index in [1.54, 1.807) is 16.4 Å². The lowest BCUT2D eigenvalue weighted by atomic mass is 9.68. The third-order valence-corrected chi connectivity index (χ3v) is 8.44. The van der Waals surface area contributed by atoms with Crippen LogP contribution in [0.4, 0.5) is 0 Å². The van der Waals surface area contributed by atoms with Crippen LogP contribution in [0.5, 0.6) is 0 Å². The first-order valence-corrected chi connectivity index (χ1v) is 12.1. The Morgan fingerprint density at radius 1 is 1.07 bits per heavy atom. The topological polar surface area (TPSA) is 65.0 Å². The molecule has 3 aliphatic rings. The minimum atomic E-state index is -3.34. The Hall–Kier alpha value is -1.60. The zero-order valence-corrected chi connectivity index (χ0v) is 17.7. The molecule has 2 heterocycles. The molecule has 1 aromatic rings.